The first-order chi connectivity index (χ1) is 9.62. The van der Waals surface area contributed by atoms with E-state index in [9.17, 15) is 0 Å². The summed E-state index contributed by atoms with van der Waals surface area (Å²) in [4.78, 5) is 0. The molecule has 0 radical (unpaired) electrons. The Kier molecular flexibility index (Phi) is 5.25. The van der Waals surface area contributed by atoms with E-state index in [-0.39, 0.29) is 0 Å². The largest absolute Gasteiger partial charge is 0.330 e. The number of hydrogen-bond donors (Lipinski definition) is 1. The Morgan fingerprint density at radius 3 is 2.60 bits per heavy atom. The highest BCUT2D eigenvalue weighted by molar-refractivity contribution is 5.12. The fraction of sp³-hybridized carbons (Fsp3) is 0.824. The zero-order chi connectivity index (χ0) is 14.6. The van der Waals surface area contributed by atoms with Gasteiger partial charge in [0.05, 0.1) is 5.69 Å². The molecule has 1 saturated carbocycles. The molecule has 1 fully saturated rings. The molecule has 0 bridgehead atoms. The summed E-state index contributed by atoms with van der Waals surface area (Å²) in [6, 6.07) is 2.25. The van der Waals surface area contributed by atoms with Crippen molar-refractivity contribution in [3.63, 3.8) is 0 Å². The van der Waals surface area contributed by atoms with E-state index in [0.717, 1.165) is 31.1 Å². The zero-order valence-electron chi connectivity index (χ0n) is 13.5. The molecule has 0 aromatic carbocycles. The van der Waals surface area contributed by atoms with Crippen molar-refractivity contribution in [3.8, 4) is 0 Å². The molecule has 0 saturated heterocycles. The van der Waals surface area contributed by atoms with Crippen LogP contribution in [-0.4, -0.2) is 16.3 Å². The molecule has 2 rings (SSSR count). The Labute approximate surface area is 123 Å². The van der Waals surface area contributed by atoms with E-state index in [1.165, 1.54) is 44.2 Å². The van der Waals surface area contributed by atoms with Gasteiger partial charge < -0.3 is 5.73 Å². The third kappa shape index (κ3) is 3.43. The van der Waals surface area contributed by atoms with Crippen LogP contribution in [0, 0.1) is 18.3 Å². The van der Waals surface area contributed by atoms with Gasteiger partial charge >= 0.3 is 0 Å². The van der Waals surface area contributed by atoms with Gasteiger partial charge in [-0.15, -0.1) is 0 Å². The van der Waals surface area contributed by atoms with E-state index in [0.29, 0.717) is 5.41 Å². The van der Waals surface area contributed by atoms with Gasteiger partial charge in [-0.25, -0.2) is 0 Å². The molecule has 1 aliphatic carbocycles. The lowest BCUT2D eigenvalue weighted by molar-refractivity contribution is 0.148. The van der Waals surface area contributed by atoms with Crippen LogP contribution in [0.2, 0.25) is 0 Å². The average Bonchev–Trinajstić information content (AvgIpc) is 2.81. The summed E-state index contributed by atoms with van der Waals surface area (Å²) < 4.78 is 2.16. The molecule has 1 aromatic heterocycles. The van der Waals surface area contributed by atoms with Gasteiger partial charge in [0.2, 0.25) is 0 Å². The van der Waals surface area contributed by atoms with Gasteiger partial charge in [0.1, 0.15) is 0 Å². The van der Waals surface area contributed by atoms with E-state index in [1.54, 1.807) is 0 Å². The first-order valence-corrected chi connectivity index (χ1v) is 8.36. The predicted molar refractivity (Wildman–Crippen MR) is 84.7 cm³/mol. The Morgan fingerprint density at radius 2 is 2.05 bits per heavy atom. The lowest BCUT2D eigenvalue weighted by Crippen LogP contribution is -2.37. The SMILES string of the molecule is CCCC1CCC(CN)(Cc2cc(C)nn2CC)CC1. The molecule has 0 aliphatic heterocycles. The van der Waals surface area contributed by atoms with Crippen molar-refractivity contribution in [2.45, 2.75) is 72.3 Å². The minimum atomic E-state index is 0.323. The number of hydrogen-bond acceptors (Lipinski definition) is 2. The monoisotopic (exact) mass is 277 g/mol. The van der Waals surface area contributed by atoms with Crippen molar-refractivity contribution >= 4 is 0 Å². The van der Waals surface area contributed by atoms with Crippen molar-refractivity contribution in [1.29, 1.82) is 0 Å². The van der Waals surface area contributed by atoms with Crippen molar-refractivity contribution in [3.05, 3.63) is 17.5 Å². The Hall–Kier alpha value is -0.830. The number of aromatic nitrogens is 2. The fourth-order valence-electron chi connectivity index (χ4n) is 3.84. The Bertz CT molecular complexity index is 414. The molecule has 1 aliphatic rings. The average molecular weight is 277 g/mol. The fourth-order valence-corrected chi connectivity index (χ4v) is 3.84. The van der Waals surface area contributed by atoms with Crippen LogP contribution in [-0.2, 0) is 13.0 Å². The van der Waals surface area contributed by atoms with Crippen molar-refractivity contribution in [1.82, 2.24) is 9.78 Å². The highest BCUT2D eigenvalue weighted by Gasteiger charge is 2.34. The number of aryl methyl sites for hydroxylation is 2. The van der Waals surface area contributed by atoms with Gasteiger partial charge in [-0.2, -0.15) is 5.10 Å². The highest BCUT2D eigenvalue weighted by atomic mass is 15.3. The van der Waals surface area contributed by atoms with Gasteiger partial charge in [0, 0.05) is 12.2 Å². The molecule has 2 N–H and O–H groups in total. The third-order valence-electron chi connectivity index (χ3n) is 5.14. The topological polar surface area (TPSA) is 43.8 Å². The summed E-state index contributed by atoms with van der Waals surface area (Å²) in [6.45, 7) is 8.33. The first kappa shape index (κ1) is 15.6. The lowest BCUT2D eigenvalue weighted by atomic mass is 9.67. The molecule has 0 spiro atoms. The van der Waals surface area contributed by atoms with Crippen LogP contribution in [0.5, 0.6) is 0 Å². The Morgan fingerprint density at radius 1 is 1.35 bits per heavy atom. The van der Waals surface area contributed by atoms with Gasteiger partial charge in [0.15, 0.2) is 0 Å². The first-order valence-electron chi connectivity index (χ1n) is 8.36. The maximum Gasteiger partial charge on any atom is 0.0596 e. The highest BCUT2D eigenvalue weighted by Crippen LogP contribution is 2.42. The summed E-state index contributed by atoms with van der Waals surface area (Å²) in [5.74, 6) is 0.942. The smallest absolute Gasteiger partial charge is 0.0596 e. The molecule has 3 nitrogen and oxygen atoms in total. The van der Waals surface area contributed by atoms with Crippen molar-refractivity contribution in [2.24, 2.45) is 17.1 Å². The second kappa shape index (κ2) is 6.75. The van der Waals surface area contributed by atoms with Crippen LogP contribution in [0.25, 0.3) is 0 Å². The van der Waals surface area contributed by atoms with Crippen LogP contribution < -0.4 is 5.73 Å². The quantitative estimate of drug-likeness (QED) is 0.862. The van der Waals surface area contributed by atoms with Crippen molar-refractivity contribution < 1.29 is 0 Å². The minimum absolute atomic E-state index is 0.323. The molecule has 0 amide bonds. The van der Waals surface area contributed by atoms with E-state index in [2.05, 4.69) is 36.6 Å². The standard InChI is InChI=1S/C17H31N3/c1-4-6-15-7-9-17(13-18,10-8-15)12-16-11-14(3)19-20(16)5-2/h11,15H,4-10,12-13,18H2,1-3H3. The predicted octanol–water partition coefficient (Wildman–Crippen LogP) is 3.69. The van der Waals surface area contributed by atoms with Crippen LogP contribution in [0.15, 0.2) is 6.07 Å². The molecule has 114 valence electrons. The van der Waals surface area contributed by atoms with E-state index in [4.69, 9.17) is 5.73 Å². The van der Waals surface area contributed by atoms with Gasteiger partial charge in [-0.05, 0) is 69.9 Å². The van der Waals surface area contributed by atoms with Crippen LogP contribution in [0.1, 0.15) is 63.8 Å². The molecule has 1 aromatic rings. The summed E-state index contributed by atoms with van der Waals surface area (Å²) in [5, 5.41) is 4.58. The maximum atomic E-state index is 6.17. The van der Waals surface area contributed by atoms with Gasteiger partial charge in [-0.1, -0.05) is 19.8 Å². The third-order valence-corrected chi connectivity index (χ3v) is 5.14. The zero-order valence-corrected chi connectivity index (χ0v) is 13.5. The second-order valence-corrected chi connectivity index (χ2v) is 6.71. The van der Waals surface area contributed by atoms with E-state index < -0.39 is 0 Å². The number of rotatable bonds is 6. The normalized spacial score (nSPS) is 26.9. The van der Waals surface area contributed by atoms with E-state index in [1.807, 2.05) is 0 Å². The Balaban J connectivity index is 2.05. The van der Waals surface area contributed by atoms with Gasteiger partial charge in [0.25, 0.3) is 0 Å². The summed E-state index contributed by atoms with van der Waals surface area (Å²) in [7, 11) is 0. The van der Waals surface area contributed by atoms with Crippen LogP contribution in [0.3, 0.4) is 0 Å². The lowest BCUT2D eigenvalue weighted by Gasteiger charge is -2.39. The van der Waals surface area contributed by atoms with Crippen LogP contribution >= 0.6 is 0 Å². The second-order valence-electron chi connectivity index (χ2n) is 6.71. The molecular formula is C17H31N3. The molecule has 0 unspecified atom stereocenters. The minimum Gasteiger partial charge on any atom is -0.330 e. The summed E-state index contributed by atoms with van der Waals surface area (Å²) >= 11 is 0. The van der Waals surface area contributed by atoms with E-state index >= 15 is 0 Å². The van der Waals surface area contributed by atoms with Crippen molar-refractivity contribution in [2.75, 3.05) is 6.54 Å². The molecule has 3 heteroatoms. The summed E-state index contributed by atoms with van der Waals surface area (Å²) in [6.07, 6.45) is 9.14. The molecule has 20 heavy (non-hydrogen) atoms. The summed E-state index contributed by atoms with van der Waals surface area (Å²) in [5.41, 5.74) is 9.01. The molecule has 0 atom stereocenters. The van der Waals surface area contributed by atoms with Gasteiger partial charge in [-0.3, -0.25) is 4.68 Å². The molecular weight excluding hydrogens is 246 g/mol. The van der Waals surface area contributed by atoms with Crippen LogP contribution in [0.4, 0.5) is 0 Å². The number of nitrogens with two attached hydrogens (primary N) is 1. The number of nitrogens with zero attached hydrogens (tertiary/aromatic N) is 2. The maximum absolute atomic E-state index is 6.17. The molecule has 1 heterocycles.